The quantitative estimate of drug-likeness (QED) is 0.702. The fourth-order valence-corrected chi connectivity index (χ4v) is 4.37. The van der Waals surface area contributed by atoms with Gasteiger partial charge in [-0.3, -0.25) is 14.4 Å². The molecule has 2 N–H and O–H groups in total. The Labute approximate surface area is 162 Å². The molecule has 2 fully saturated rings. The molecule has 2 rings (SSSR count). The van der Waals surface area contributed by atoms with E-state index in [1.807, 2.05) is 0 Å². The van der Waals surface area contributed by atoms with Gasteiger partial charge in [0.15, 0.2) is 6.10 Å². The summed E-state index contributed by atoms with van der Waals surface area (Å²) in [7, 11) is 3.43. The minimum Gasteiger partial charge on any atom is -0.483 e. The van der Waals surface area contributed by atoms with Gasteiger partial charge in [0.25, 0.3) is 12.4 Å². The first kappa shape index (κ1) is 23.4. The summed E-state index contributed by atoms with van der Waals surface area (Å²) in [6.07, 6.45) is 2.01. The largest absolute Gasteiger partial charge is 0.483 e. The van der Waals surface area contributed by atoms with Gasteiger partial charge in [-0.2, -0.15) is 0 Å². The number of nitrogens with one attached hydrogen (secondary N) is 1. The van der Waals surface area contributed by atoms with Crippen LogP contribution in [0.1, 0.15) is 47.0 Å². The third-order valence-electron chi connectivity index (χ3n) is 4.87. The number of hydrogen-bond acceptors (Lipinski definition) is 5. The van der Waals surface area contributed by atoms with Crippen LogP contribution in [-0.4, -0.2) is 84.2 Å². The summed E-state index contributed by atoms with van der Waals surface area (Å²) >= 11 is 0. The second-order valence-corrected chi connectivity index (χ2v) is 8.91. The molecule has 27 heavy (non-hydrogen) atoms. The van der Waals surface area contributed by atoms with Crippen molar-refractivity contribution in [3.63, 3.8) is 0 Å². The zero-order valence-corrected chi connectivity index (χ0v) is 17.4. The molecule has 1 unspecified atom stereocenters. The van der Waals surface area contributed by atoms with Crippen LogP contribution in [0.5, 0.6) is 0 Å². The van der Waals surface area contributed by atoms with Crippen molar-refractivity contribution in [2.45, 2.75) is 64.1 Å². The molecule has 0 radical (unpaired) electrons. The summed E-state index contributed by atoms with van der Waals surface area (Å²) in [5.41, 5.74) is 0.0856. The number of carbonyl (C=O) groups excluding carboxylic acids is 2. The number of nitrogens with zero attached hydrogens (tertiary/aromatic N) is 2. The molecule has 0 aliphatic carbocycles. The lowest BCUT2D eigenvalue weighted by Gasteiger charge is -2.47. The Morgan fingerprint density at radius 3 is 2.22 bits per heavy atom. The van der Waals surface area contributed by atoms with Crippen molar-refractivity contribution in [1.29, 1.82) is 0 Å². The Morgan fingerprint density at radius 2 is 1.74 bits per heavy atom. The van der Waals surface area contributed by atoms with Crippen LogP contribution in [-0.2, 0) is 19.1 Å². The third-order valence-corrected chi connectivity index (χ3v) is 4.87. The van der Waals surface area contributed by atoms with Gasteiger partial charge in [0.2, 0.25) is 5.91 Å². The number of carbonyl (C=O) groups is 3. The highest BCUT2D eigenvalue weighted by Gasteiger charge is 2.39. The van der Waals surface area contributed by atoms with Crippen molar-refractivity contribution in [3.8, 4) is 0 Å². The van der Waals surface area contributed by atoms with Crippen molar-refractivity contribution >= 4 is 18.3 Å². The second kappa shape index (κ2) is 9.50. The van der Waals surface area contributed by atoms with E-state index in [1.165, 1.54) is 4.90 Å². The van der Waals surface area contributed by atoms with Crippen LogP contribution < -0.4 is 5.32 Å². The predicted molar refractivity (Wildman–Crippen MR) is 102 cm³/mol. The molecular formula is C19H35N3O5. The maximum Gasteiger partial charge on any atom is 0.290 e. The molecule has 0 bridgehead atoms. The summed E-state index contributed by atoms with van der Waals surface area (Å²) in [4.78, 5) is 36.5. The van der Waals surface area contributed by atoms with E-state index in [9.17, 15) is 9.59 Å². The van der Waals surface area contributed by atoms with E-state index in [0.717, 1.165) is 12.8 Å². The monoisotopic (exact) mass is 385 g/mol. The molecule has 0 aromatic rings. The first-order chi connectivity index (χ1) is 12.4. The molecule has 8 heteroatoms. The molecule has 2 amide bonds. The summed E-state index contributed by atoms with van der Waals surface area (Å²) in [6, 6.07) is 0. The highest BCUT2D eigenvalue weighted by molar-refractivity contribution is 5.82. The first-order valence-electron chi connectivity index (χ1n) is 9.38. The van der Waals surface area contributed by atoms with Crippen molar-refractivity contribution in [1.82, 2.24) is 15.1 Å². The van der Waals surface area contributed by atoms with Crippen LogP contribution in [0.15, 0.2) is 0 Å². The fraction of sp³-hybridized carbons (Fsp3) is 0.842. The third kappa shape index (κ3) is 7.46. The molecule has 0 aromatic heterocycles. The normalized spacial score (nSPS) is 24.4. The van der Waals surface area contributed by atoms with E-state index < -0.39 is 6.10 Å². The lowest BCUT2D eigenvalue weighted by atomic mass is 9.74. The Kier molecular flexibility index (Phi) is 8.23. The van der Waals surface area contributed by atoms with Crippen molar-refractivity contribution in [2.24, 2.45) is 5.92 Å². The average molecular weight is 386 g/mol. The Bertz CT molecular complexity index is 517. The number of piperidine rings is 1. The van der Waals surface area contributed by atoms with E-state index in [1.54, 1.807) is 19.0 Å². The van der Waals surface area contributed by atoms with Gasteiger partial charge in [-0.1, -0.05) is 0 Å². The highest BCUT2D eigenvalue weighted by atomic mass is 16.5. The Morgan fingerprint density at radius 1 is 1.22 bits per heavy atom. The minimum absolute atomic E-state index is 0.0428. The number of carboxylic acid groups (broad SMARTS) is 1. The van der Waals surface area contributed by atoms with Gasteiger partial charge >= 0.3 is 0 Å². The van der Waals surface area contributed by atoms with Gasteiger partial charge in [-0.15, -0.1) is 0 Å². The van der Waals surface area contributed by atoms with Crippen LogP contribution in [0.25, 0.3) is 0 Å². The summed E-state index contributed by atoms with van der Waals surface area (Å²) in [5, 5.41) is 10.5. The van der Waals surface area contributed by atoms with Crippen LogP contribution in [0.3, 0.4) is 0 Å². The van der Waals surface area contributed by atoms with Gasteiger partial charge < -0.3 is 25.0 Å². The number of amides is 2. The van der Waals surface area contributed by atoms with Crippen LogP contribution >= 0.6 is 0 Å². The fourth-order valence-electron chi connectivity index (χ4n) is 4.37. The molecule has 2 aliphatic heterocycles. The summed E-state index contributed by atoms with van der Waals surface area (Å²) in [5.74, 6) is 0.444. The predicted octanol–water partition coefficient (Wildman–Crippen LogP) is 0.950. The average Bonchev–Trinajstić information content (AvgIpc) is 2.51. The minimum atomic E-state index is -0.529. The van der Waals surface area contributed by atoms with E-state index in [2.05, 4.69) is 33.0 Å². The van der Waals surface area contributed by atoms with E-state index >= 15 is 0 Å². The Hall–Kier alpha value is -1.67. The SMILES string of the molecule is CN(C)C(=O)C1CN(C(=O)CC2CC(C)(C)NC(C)(C)C2)CCO1.O=CO. The van der Waals surface area contributed by atoms with Crippen molar-refractivity contribution < 1.29 is 24.2 Å². The topological polar surface area (TPSA) is 99.2 Å². The molecule has 0 saturated carbocycles. The molecule has 2 heterocycles. The molecule has 1 atom stereocenters. The molecule has 8 nitrogen and oxygen atoms in total. The first-order valence-corrected chi connectivity index (χ1v) is 9.38. The number of likely N-dealkylation sites (N-methyl/N-ethyl adjacent to an activating group) is 1. The molecule has 2 saturated heterocycles. The summed E-state index contributed by atoms with van der Waals surface area (Å²) < 4.78 is 5.54. The van der Waals surface area contributed by atoms with E-state index in [0.29, 0.717) is 32.0 Å². The maximum atomic E-state index is 12.8. The number of hydrogen-bond donors (Lipinski definition) is 2. The maximum absolute atomic E-state index is 12.8. The standard InChI is InChI=1S/C18H33N3O3.CH2O2/c1-17(2)10-13(11-18(3,4)19-17)9-15(22)21-7-8-24-14(12-21)16(23)20(5)6;2-1-3/h13-14,19H,7-12H2,1-6H3;1H,(H,2,3). The zero-order chi connectivity index (χ0) is 20.8. The zero-order valence-electron chi connectivity index (χ0n) is 17.4. The highest BCUT2D eigenvalue weighted by Crippen LogP contribution is 2.35. The van der Waals surface area contributed by atoms with Crippen LogP contribution in [0, 0.1) is 5.92 Å². The van der Waals surface area contributed by atoms with Crippen molar-refractivity contribution in [2.75, 3.05) is 33.8 Å². The molecule has 0 spiro atoms. The van der Waals surface area contributed by atoms with Crippen molar-refractivity contribution in [3.05, 3.63) is 0 Å². The number of ether oxygens (including phenoxy) is 1. The number of rotatable bonds is 3. The smallest absolute Gasteiger partial charge is 0.290 e. The Balaban J connectivity index is 0.00000114. The van der Waals surface area contributed by atoms with E-state index in [4.69, 9.17) is 14.6 Å². The van der Waals surface area contributed by atoms with Gasteiger partial charge in [-0.05, 0) is 46.5 Å². The van der Waals surface area contributed by atoms with Crippen LogP contribution in [0.2, 0.25) is 0 Å². The second-order valence-electron chi connectivity index (χ2n) is 8.91. The van der Waals surface area contributed by atoms with Gasteiger partial charge in [0, 0.05) is 38.1 Å². The lowest BCUT2D eigenvalue weighted by molar-refractivity contribution is -0.153. The lowest BCUT2D eigenvalue weighted by Crippen LogP contribution is -2.58. The van der Waals surface area contributed by atoms with E-state index in [-0.39, 0.29) is 29.4 Å². The summed E-state index contributed by atoms with van der Waals surface area (Å²) in [6.45, 7) is 9.93. The molecular weight excluding hydrogens is 350 g/mol. The van der Waals surface area contributed by atoms with Gasteiger partial charge in [0.05, 0.1) is 13.2 Å². The number of morpholine rings is 1. The molecule has 0 aromatic carbocycles. The molecule has 156 valence electrons. The van der Waals surface area contributed by atoms with Gasteiger partial charge in [0.1, 0.15) is 0 Å². The van der Waals surface area contributed by atoms with Gasteiger partial charge in [-0.25, -0.2) is 0 Å². The molecule has 2 aliphatic rings. The van der Waals surface area contributed by atoms with Crippen LogP contribution in [0.4, 0.5) is 0 Å².